The van der Waals surface area contributed by atoms with Gasteiger partial charge in [-0.25, -0.2) is 0 Å². The van der Waals surface area contributed by atoms with E-state index in [1.54, 1.807) is 0 Å². The van der Waals surface area contributed by atoms with Gasteiger partial charge in [-0.3, -0.25) is 9.80 Å². The quantitative estimate of drug-likeness (QED) is 0.571. The summed E-state index contributed by atoms with van der Waals surface area (Å²) >= 11 is 1.99. The van der Waals surface area contributed by atoms with E-state index in [4.69, 9.17) is 9.47 Å². The molecule has 2 fully saturated rings. The van der Waals surface area contributed by atoms with Gasteiger partial charge in [0.2, 0.25) is 0 Å². The maximum absolute atomic E-state index is 10.3. The van der Waals surface area contributed by atoms with Gasteiger partial charge in [0.05, 0.1) is 13.2 Å². The fraction of sp³-hybridized carbons (Fsp3) is 0.700. The molecule has 2 saturated heterocycles. The summed E-state index contributed by atoms with van der Waals surface area (Å²) in [5, 5.41) is 13.8. The Balaban J connectivity index is 1.37. The van der Waals surface area contributed by atoms with E-state index in [1.807, 2.05) is 30.0 Å². The van der Waals surface area contributed by atoms with Crippen molar-refractivity contribution in [2.24, 2.45) is 0 Å². The normalized spacial score (nSPS) is 20.5. The Morgan fingerprint density at radius 2 is 1.89 bits per heavy atom. The van der Waals surface area contributed by atoms with E-state index in [1.165, 1.54) is 0 Å². The Bertz CT molecular complexity index is 537. The van der Waals surface area contributed by atoms with Crippen LogP contribution in [0.3, 0.4) is 0 Å². The van der Waals surface area contributed by atoms with Gasteiger partial charge in [-0.2, -0.15) is 11.8 Å². The largest absolute Gasteiger partial charge is 0.491 e. The molecule has 2 N–H and O–H groups in total. The number of rotatable bonds is 10. The molecule has 7 heteroatoms. The average Bonchev–Trinajstić information content (AvgIpc) is 2.72. The highest BCUT2D eigenvalue weighted by Crippen LogP contribution is 2.18. The number of aliphatic hydroxyl groups is 1. The number of para-hydroxylation sites is 1. The van der Waals surface area contributed by atoms with Gasteiger partial charge in [0, 0.05) is 69.4 Å². The first-order valence-electron chi connectivity index (χ1n) is 10.0. The number of aliphatic hydroxyl groups excluding tert-OH is 1. The third kappa shape index (κ3) is 7.60. The van der Waals surface area contributed by atoms with Crippen molar-refractivity contribution in [3.05, 3.63) is 29.8 Å². The van der Waals surface area contributed by atoms with Crippen molar-refractivity contribution in [2.45, 2.75) is 12.6 Å². The molecule has 0 amide bonds. The Morgan fingerprint density at radius 1 is 1.11 bits per heavy atom. The summed E-state index contributed by atoms with van der Waals surface area (Å²) in [5.41, 5.74) is 1.14. The Kier molecular flexibility index (Phi) is 9.20. The summed E-state index contributed by atoms with van der Waals surface area (Å²) in [6, 6.07) is 8.10. The zero-order valence-corrected chi connectivity index (χ0v) is 17.0. The topological polar surface area (TPSA) is 57.2 Å². The second-order valence-electron chi connectivity index (χ2n) is 7.12. The predicted molar refractivity (Wildman–Crippen MR) is 111 cm³/mol. The highest BCUT2D eigenvalue weighted by Gasteiger charge is 2.16. The van der Waals surface area contributed by atoms with Gasteiger partial charge in [0.25, 0.3) is 0 Å². The van der Waals surface area contributed by atoms with E-state index in [0.717, 1.165) is 81.8 Å². The molecule has 2 aliphatic heterocycles. The second kappa shape index (κ2) is 11.9. The number of hydrogen-bond donors (Lipinski definition) is 2. The monoisotopic (exact) mass is 395 g/mol. The van der Waals surface area contributed by atoms with Gasteiger partial charge >= 0.3 is 0 Å². The molecular formula is C20H33N3O3S. The highest BCUT2D eigenvalue weighted by molar-refractivity contribution is 7.99. The summed E-state index contributed by atoms with van der Waals surface area (Å²) in [7, 11) is 0. The number of nitrogens with zero attached hydrogens (tertiary/aromatic N) is 2. The van der Waals surface area contributed by atoms with Crippen molar-refractivity contribution < 1.29 is 14.6 Å². The Morgan fingerprint density at radius 3 is 2.70 bits per heavy atom. The summed E-state index contributed by atoms with van der Waals surface area (Å²) in [5.74, 6) is 3.18. The Hall–Kier alpha value is -0.830. The third-order valence-electron chi connectivity index (χ3n) is 5.00. The van der Waals surface area contributed by atoms with Gasteiger partial charge < -0.3 is 19.9 Å². The summed E-state index contributed by atoms with van der Waals surface area (Å²) < 4.78 is 11.3. The van der Waals surface area contributed by atoms with Crippen LogP contribution >= 0.6 is 11.8 Å². The van der Waals surface area contributed by atoms with Crippen LogP contribution in [-0.2, 0) is 11.3 Å². The molecule has 2 aliphatic rings. The van der Waals surface area contributed by atoms with Gasteiger partial charge in [0.15, 0.2) is 0 Å². The van der Waals surface area contributed by atoms with E-state index in [0.29, 0.717) is 13.2 Å². The summed E-state index contributed by atoms with van der Waals surface area (Å²) in [4.78, 5) is 4.75. The van der Waals surface area contributed by atoms with Gasteiger partial charge in [-0.15, -0.1) is 0 Å². The molecule has 2 heterocycles. The van der Waals surface area contributed by atoms with Crippen molar-refractivity contribution in [1.82, 2.24) is 15.1 Å². The van der Waals surface area contributed by atoms with Crippen LogP contribution in [0.25, 0.3) is 0 Å². The first kappa shape index (κ1) is 20.9. The van der Waals surface area contributed by atoms with E-state index < -0.39 is 6.10 Å². The van der Waals surface area contributed by atoms with Gasteiger partial charge in [-0.1, -0.05) is 18.2 Å². The van der Waals surface area contributed by atoms with Crippen LogP contribution in [0.5, 0.6) is 5.75 Å². The standard InChI is InChI=1S/C20H33N3O3S/c24-19(16-23-9-13-27-14-10-23)17-26-20-4-2-1-3-18(20)15-21-5-6-22-7-11-25-12-8-22/h1-4,19,21,24H,5-17H2/t19-/m1/s1. The van der Waals surface area contributed by atoms with E-state index in [-0.39, 0.29) is 0 Å². The van der Waals surface area contributed by atoms with Gasteiger partial charge in [-0.05, 0) is 6.07 Å². The molecule has 0 bridgehead atoms. The molecule has 0 aromatic heterocycles. The van der Waals surface area contributed by atoms with Crippen molar-refractivity contribution in [3.63, 3.8) is 0 Å². The van der Waals surface area contributed by atoms with Crippen LogP contribution in [0, 0.1) is 0 Å². The first-order chi connectivity index (χ1) is 13.3. The number of benzene rings is 1. The molecule has 0 radical (unpaired) electrons. The summed E-state index contributed by atoms with van der Waals surface area (Å²) in [6.45, 7) is 9.66. The van der Waals surface area contributed by atoms with Crippen LogP contribution in [0.4, 0.5) is 0 Å². The Labute approximate surface area is 167 Å². The minimum atomic E-state index is -0.449. The van der Waals surface area contributed by atoms with Crippen LogP contribution in [0.1, 0.15) is 5.56 Å². The predicted octanol–water partition coefficient (Wildman–Crippen LogP) is 0.897. The lowest BCUT2D eigenvalue weighted by Gasteiger charge is -2.28. The fourth-order valence-electron chi connectivity index (χ4n) is 3.40. The number of nitrogens with one attached hydrogen (secondary N) is 1. The lowest BCUT2D eigenvalue weighted by atomic mass is 10.2. The SMILES string of the molecule is O[C@@H](COc1ccccc1CNCCN1CCOCC1)CN1CCSCC1. The van der Waals surface area contributed by atoms with E-state index >= 15 is 0 Å². The van der Waals surface area contributed by atoms with Crippen molar-refractivity contribution in [1.29, 1.82) is 0 Å². The number of thioether (sulfide) groups is 1. The molecule has 6 nitrogen and oxygen atoms in total. The molecular weight excluding hydrogens is 362 g/mol. The lowest BCUT2D eigenvalue weighted by molar-refractivity contribution is 0.0384. The molecule has 1 aromatic carbocycles. The van der Waals surface area contributed by atoms with Crippen LogP contribution < -0.4 is 10.1 Å². The number of hydrogen-bond acceptors (Lipinski definition) is 7. The van der Waals surface area contributed by atoms with Crippen LogP contribution in [-0.4, -0.2) is 98.1 Å². The molecule has 1 atom stereocenters. The highest BCUT2D eigenvalue weighted by atomic mass is 32.2. The smallest absolute Gasteiger partial charge is 0.123 e. The molecule has 1 aromatic rings. The molecule has 0 aliphatic carbocycles. The zero-order chi connectivity index (χ0) is 18.7. The number of morpholine rings is 1. The van der Waals surface area contributed by atoms with E-state index in [2.05, 4.69) is 21.2 Å². The molecule has 0 unspecified atom stereocenters. The zero-order valence-electron chi connectivity index (χ0n) is 16.1. The number of ether oxygens (including phenoxy) is 2. The molecule has 0 saturated carbocycles. The first-order valence-corrected chi connectivity index (χ1v) is 11.2. The van der Waals surface area contributed by atoms with Crippen molar-refractivity contribution in [3.8, 4) is 5.75 Å². The maximum Gasteiger partial charge on any atom is 0.123 e. The average molecular weight is 396 g/mol. The van der Waals surface area contributed by atoms with Crippen molar-refractivity contribution >= 4 is 11.8 Å². The van der Waals surface area contributed by atoms with Crippen molar-refractivity contribution in [2.75, 3.05) is 77.1 Å². The minimum Gasteiger partial charge on any atom is -0.491 e. The summed E-state index contributed by atoms with van der Waals surface area (Å²) in [6.07, 6.45) is -0.449. The minimum absolute atomic E-state index is 0.342. The molecule has 27 heavy (non-hydrogen) atoms. The third-order valence-corrected chi connectivity index (χ3v) is 5.94. The molecule has 0 spiro atoms. The lowest BCUT2D eigenvalue weighted by Crippen LogP contribution is -2.40. The second-order valence-corrected chi connectivity index (χ2v) is 8.34. The van der Waals surface area contributed by atoms with Gasteiger partial charge in [0.1, 0.15) is 18.5 Å². The van der Waals surface area contributed by atoms with Crippen LogP contribution in [0.15, 0.2) is 24.3 Å². The molecule has 3 rings (SSSR count). The number of β-amino-alcohol motifs (C(OH)–C–C–N with tert-alkyl or cyclic N) is 1. The molecule has 152 valence electrons. The fourth-order valence-corrected chi connectivity index (χ4v) is 4.37. The van der Waals surface area contributed by atoms with E-state index in [9.17, 15) is 5.11 Å². The maximum atomic E-state index is 10.3. The van der Waals surface area contributed by atoms with Crippen LogP contribution in [0.2, 0.25) is 0 Å².